The van der Waals surface area contributed by atoms with Gasteiger partial charge in [0, 0.05) is 58.7 Å². The number of hydrogen-bond acceptors (Lipinski definition) is 3. The molecule has 1 atom stereocenters. The molecule has 5 nitrogen and oxygen atoms in total. The van der Waals surface area contributed by atoms with Crippen molar-refractivity contribution >= 4 is 35.6 Å². The number of benzene rings is 1. The second-order valence-corrected chi connectivity index (χ2v) is 7.90. The zero-order chi connectivity index (χ0) is 18.9. The zero-order valence-electron chi connectivity index (χ0n) is 17.5. The van der Waals surface area contributed by atoms with Crippen LogP contribution in [-0.4, -0.2) is 63.8 Å². The Balaban J connectivity index is 0.00000280. The third-order valence-electron chi connectivity index (χ3n) is 5.82. The first-order valence-corrected chi connectivity index (χ1v) is 10.6. The standard InChI is InChI=1S/C22H36N4O.HI/c1-3-23-22(25(2)13-9-19-11-15-27-16-12-19)24-17-20-10-14-26(18-20)21-7-5-4-6-8-21;/h4-8,19-20H,3,9-18H2,1-2H3,(H,23,24);1H. The van der Waals surface area contributed by atoms with Gasteiger partial charge >= 0.3 is 0 Å². The topological polar surface area (TPSA) is 40.1 Å². The number of hydrogen-bond donors (Lipinski definition) is 1. The fourth-order valence-electron chi connectivity index (χ4n) is 4.06. The molecule has 2 aliphatic rings. The van der Waals surface area contributed by atoms with Gasteiger partial charge in [-0.15, -0.1) is 24.0 Å². The van der Waals surface area contributed by atoms with Crippen molar-refractivity contribution < 1.29 is 4.74 Å². The van der Waals surface area contributed by atoms with Crippen LogP contribution in [0, 0.1) is 11.8 Å². The van der Waals surface area contributed by atoms with E-state index in [0.29, 0.717) is 5.92 Å². The van der Waals surface area contributed by atoms with E-state index < -0.39 is 0 Å². The highest BCUT2D eigenvalue weighted by Gasteiger charge is 2.23. The summed E-state index contributed by atoms with van der Waals surface area (Å²) in [6.45, 7) is 9.16. The van der Waals surface area contributed by atoms with Crippen molar-refractivity contribution in [3.63, 3.8) is 0 Å². The normalized spacial score (nSPS) is 20.7. The van der Waals surface area contributed by atoms with Gasteiger partial charge in [0.05, 0.1) is 0 Å². The minimum absolute atomic E-state index is 0. The summed E-state index contributed by atoms with van der Waals surface area (Å²) < 4.78 is 5.48. The molecule has 6 heteroatoms. The number of ether oxygens (including phenoxy) is 1. The van der Waals surface area contributed by atoms with E-state index in [1.165, 1.54) is 31.4 Å². The first-order valence-electron chi connectivity index (χ1n) is 10.6. The average Bonchev–Trinajstić information content (AvgIpc) is 3.20. The van der Waals surface area contributed by atoms with E-state index >= 15 is 0 Å². The van der Waals surface area contributed by atoms with Gasteiger partial charge in [0.2, 0.25) is 0 Å². The molecule has 2 heterocycles. The van der Waals surface area contributed by atoms with Gasteiger partial charge in [0.15, 0.2) is 5.96 Å². The van der Waals surface area contributed by atoms with Crippen LogP contribution >= 0.6 is 24.0 Å². The monoisotopic (exact) mass is 500 g/mol. The second kappa shape index (κ2) is 12.5. The van der Waals surface area contributed by atoms with Gasteiger partial charge in [-0.25, -0.2) is 0 Å². The minimum Gasteiger partial charge on any atom is -0.381 e. The maximum atomic E-state index is 5.48. The summed E-state index contributed by atoms with van der Waals surface area (Å²) in [5.41, 5.74) is 1.34. The van der Waals surface area contributed by atoms with Crippen LogP contribution in [0.1, 0.15) is 32.6 Å². The molecule has 2 saturated heterocycles. The summed E-state index contributed by atoms with van der Waals surface area (Å²) in [5.74, 6) is 2.50. The molecular weight excluding hydrogens is 463 g/mol. The summed E-state index contributed by atoms with van der Waals surface area (Å²) in [6.07, 6.45) is 4.87. The van der Waals surface area contributed by atoms with Crippen LogP contribution in [-0.2, 0) is 4.74 Å². The van der Waals surface area contributed by atoms with Crippen LogP contribution in [0.5, 0.6) is 0 Å². The molecule has 0 radical (unpaired) electrons. The quantitative estimate of drug-likeness (QED) is 0.351. The highest BCUT2D eigenvalue weighted by Crippen LogP contribution is 2.23. The van der Waals surface area contributed by atoms with Crippen LogP contribution in [0.4, 0.5) is 5.69 Å². The summed E-state index contributed by atoms with van der Waals surface area (Å²) in [7, 11) is 2.17. The fraction of sp³-hybridized carbons (Fsp3) is 0.682. The van der Waals surface area contributed by atoms with Crippen LogP contribution in [0.2, 0.25) is 0 Å². The van der Waals surface area contributed by atoms with Crippen molar-refractivity contribution in [2.45, 2.75) is 32.6 Å². The molecule has 0 saturated carbocycles. The molecule has 0 bridgehead atoms. The molecule has 1 aromatic rings. The molecule has 0 aliphatic carbocycles. The summed E-state index contributed by atoms with van der Waals surface area (Å²) in [4.78, 5) is 9.76. The van der Waals surface area contributed by atoms with Gasteiger partial charge in [0.1, 0.15) is 0 Å². The van der Waals surface area contributed by atoms with E-state index in [1.807, 2.05) is 0 Å². The second-order valence-electron chi connectivity index (χ2n) is 7.90. The summed E-state index contributed by atoms with van der Waals surface area (Å²) in [6, 6.07) is 10.7. The van der Waals surface area contributed by atoms with Crippen LogP contribution in [0.25, 0.3) is 0 Å². The number of anilines is 1. The molecule has 0 spiro atoms. The van der Waals surface area contributed by atoms with Crippen LogP contribution < -0.4 is 10.2 Å². The lowest BCUT2D eigenvalue weighted by Gasteiger charge is -2.27. The van der Waals surface area contributed by atoms with Crippen molar-refractivity contribution in [3.05, 3.63) is 30.3 Å². The van der Waals surface area contributed by atoms with Gasteiger partial charge in [-0.1, -0.05) is 18.2 Å². The average molecular weight is 500 g/mol. The molecule has 1 aromatic carbocycles. The lowest BCUT2D eigenvalue weighted by Crippen LogP contribution is -2.40. The van der Waals surface area contributed by atoms with Crippen molar-refractivity contribution in [2.24, 2.45) is 16.8 Å². The van der Waals surface area contributed by atoms with E-state index in [0.717, 1.165) is 57.8 Å². The molecule has 0 amide bonds. The third kappa shape index (κ3) is 7.10. The Kier molecular flexibility index (Phi) is 10.4. The predicted octanol–water partition coefficient (Wildman–Crippen LogP) is 3.84. The first-order chi connectivity index (χ1) is 13.3. The van der Waals surface area contributed by atoms with Crippen molar-refractivity contribution in [1.29, 1.82) is 0 Å². The molecule has 2 fully saturated rings. The number of nitrogens with zero attached hydrogens (tertiary/aromatic N) is 3. The smallest absolute Gasteiger partial charge is 0.193 e. The molecule has 28 heavy (non-hydrogen) atoms. The van der Waals surface area contributed by atoms with E-state index in [4.69, 9.17) is 9.73 Å². The molecule has 1 unspecified atom stereocenters. The van der Waals surface area contributed by atoms with E-state index in [1.54, 1.807) is 0 Å². The van der Waals surface area contributed by atoms with Crippen molar-refractivity contribution in [2.75, 3.05) is 57.9 Å². The van der Waals surface area contributed by atoms with Crippen molar-refractivity contribution in [1.82, 2.24) is 10.2 Å². The number of guanidine groups is 1. The van der Waals surface area contributed by atoms with Crippen LogP contribution in [0.15, 0.2) is 35.3 Å². The van der Waals surface area contributed by atoms with Gasteiger partial charge < -0.3 is 19.9 Å². The molecular formula is C22H37IN4O. The number of nitrogens with one attached hydrogen (secondary N) is 1. The van der Waals surface area contributed by atoms with E-state index in [-0.39, 0.29) is 24.0 Å². The zero-order valence-corrected chi connectivity index (χ0v) is 19.8. The Labute approximate surface area is 187 Å². The molecule has 1 N–H and O–H groups in total. The summed E-state index contributed by atoms with van der Waals surface area (Å²) >= 11 is 0. The molecule has 158 valence electrons. The third-order valence-corrected chi connectivity index (χ3v) is 5.82. The van der Waals surface area contributed by atoms with E-state index in [2.05, 4.69) is 59.4 Å². The maximum Gasteiger partial charge on any atom is 0.193 e. The minimum atomic E-state index is 0. The number of aliphatic imine (C=N–C) groups is 1. The Morgan fingerprint density at radius 1 is 1.18 bits per heavy atom. The Hall–Kier alpha value is -1.02. The first kappa shape index (κ1) is 23.3. The number of rotatable bonds is 7. The number of para-hydroxylation sites is 1. The molecule has 2 aliphatic heterocycles. The largest absolute Gasteiger partial charge is 0.381 e. The lowest BCUT2D eigenvalue weighted by atomic mass is 9.96. The Morgan fingerprint density at radius 3 is 2.64 bits per heavy atom. The lowest BCUT2D eigenvalue weighted by molar-refractivity contribution is 0.0625. The van der Waals surface area contributed by atoms with Crippen molar-refractivity contribution in [3.8, 4) is 0 Å². The van der Waals surface area contributed by atoms with E-state index in [9.17, 15) is 0 Å². The Morgan fingerprint density at radius 2 is 1.93 bits per heavy atom. The van der Waals surface area contributed by atoms with Gasteiger partial charge in [-0.2, -0.15) is 0 Å². The predicted molar refractivity (Wildman–Crippen MR) is 129 cm³/mol. The van der Waals surface area contributed by atoms with Gasteiger partial charge in [0.25, 0.3) is 0 Å². The highest BCUT2D eigenvalue weighted by molar-refractivity contribution is 14.0. The summed E-state index contributed by atoms with van der Waals surface area (Å²) in [5, 5.41) is 3.47. The van der Waals surface area contributed by atoms with Crippen LogP contribution in [0.3, 0.4) is 0 Å². The Bertz CT molecular complexity index is 577. The maximum absolute atomic E-state index is 5.48. The fourth-order valence-corrected chi connectivity index (χ4v) is 4.06. The molecule has 3 rings (SSSR count). The van der Waals surface area contributed by atoms with Gasteiger partial charge in [-0.05, 0) is 56.6 Å². The SMILES string of the molecule is CCNC(=NCC1CCN(c2ccccc2)C1)N(C)CCC1CCOCC1.I. The highest BCUT2D eigenvalue weighted by atomic mass is 127. The van der Waals surface area contributed by atoms with Gasteiger partial charge in [-0.3, -0.25) is 4.99 Å². The number of halogens is 1. The molecule has 0 aromatic heterocycles.